The van der Waals surface area contributed by atoms with Crippen molar-refractivity contribution in [3.63, 3.8) is 0 Å². The van der Waals surface area contributed by atoms with E-state index in [9.17, 15) is 5.11 Å². The van der Waals surface area contributed by atoms with Gasteiger partial charge in [-0.3, -0.25) is 4.68 Å². The van der Waals surface area contributed by atoms with Crippen molar-refractivity contribution in [3.05, 3.63) is 16.4 Å². The largest absolute Gasteiger partial charge is 0.386 e. The Hall–Kier alpha value is -0.350. The number of nitrogens with zero attached hydrogens (tertiary/aromatic N) is 2. The molecule has 1 aromatic rings. The van der Waals surface area contributed by atoms with E-state index in [1.54, 1.807) is 10.9 Å². The molecule has 0 amide bonds. The standard InChI is InChI=1S/C11H17BrN2O/c1-7-4-3-5-8(7)11(15)10-9(12)6-13-14(10)2/h6-8,11,15H,3-5H2,1-2H3. The van der Waals surface area contributed by atoms with E-state index in [0.717, 1.165) is 16.6 Å². The lowest BCUT2D eigenvalue weighted by Gasteiger charge is -2.22. The second kappa shape index (κ2) is 4.26. The third-order valence-corrected chi connectivity index (χ3v) is 4.16. The predicted octanol–water partition coefficient (Wildman–Crippen LogP) is 2.65. The molecule has 0 aliphatic heterocycles. The lowest BCUT2D eigenvalue weighted by atomic mass is 9.90. The molecule has 4 heteroatoms. The van der Waals surface area contributed by atoms with Crippen molar-refractivity contribution < 1.29 is 5.11 Å². The van der Waals surface area contributed by atoms with Crippen LogP contribution in [0.3, 0.4) is 0 Å². The smallest absolute Gasteiger partial charge is 0.0998 e. The maximum atomic E-state index is 10.4. The normalized spacial score (nSPS) is 28.3. The summed E-state index contributed by atoms with van der Waals surface area (Å²) in [4.78, 5) is 0. The summed E-state index contributed by atoms with van der Waals surface area (Å²) in [5, 5.41) is 14.5. The Bertz CT molecular complexity index is 331. The molecule has 1 N–H and O–H groups in total. The summed E-state index contributed by atoms with van der Waals surface area (Å²) in [5.41, 5.74) is 0.911. The van der Waals surface area contributed by atoms with E-state index in [2.05, 4.69) is 28.0 Å². The van der Waals surface area contributed by atoms with Crippen LogP contribution in [0.25, 0.3) is 0 Å². The van der Waals surface area contributed by atoms with Crippen molar-refractivity contribution in [2.75, 3.05) is 0 Å². The van der Waals surface area contributed by atoms with Crippen LogP contribution in [0.5, 0.6) is 0 Å². The number of rotatable bonds is 2. The van der Waals surface area contributed by atoms with Gasteiger partial charge in [0.2, 0.25) is 0 Å². The fraction of sp³-hybridized carbons (Fsp3) is 0.727. The van der Waals surface area contributed by atoms with Gasteiger partial charge in [-0.25, -0.2) is 0 Å². The molecule has 1 heterocycles. The Morgan fingerprint density at radius 3 is 2.80 bits per heavy atom. The fourth-order valence-corrected chi connectivity index (χ4v) is 3.18. The maximum Gasteiger partial charge on any atom is 0.0998 e. The van der Waals surface area contributed by atoms with E-state index < -0.39 is 0 Å². The topological polar surface area (TPSA) is 38.1 Å². The van der Waals surface area contributed by atoms with Crippen LogP contribution in [-0.4, -0.2) is 14.9 Å². The van der Waals surface area contributed by atoms with Crippen molar-refractivity contribution >= 4 is 15.9 Å². The van der Waals surface area contributed by atoms with Crippen LogP contribution in [0.2, 0.25) is 0 Å². The summed E-state index contributed by atoms with van der Waals surface area (Å²) < 4.78 is 2.68. The fourth-order valence-electron chi connectivity index (χ4n) is 2.60. The van der Waals surface area contributed by atoms with Gasteiger partial charge >= 0.3 is 0 Å². The molecule has 0 bridgehead atoms. The molecule has 0 saturated heterocycles. The molecule has 15 heavy (non-hydrogen) atoms. The van der Waals surface area contributed by atoms with Crippen molar-refractivity contribution in [3.8, 4) is 0 Å². The molecule has 3 atom stereocenters. The molecular weight excluding hydrogens is 256 g/mol. The molecule has 1 aromatic heterocycles. The molecule has 1 aliphatic carbocycles. The van der Waals surface area contributed by atoms with Crippen molar-refractivity contribution in [2.24, 2.45) is 18.9 Å². The van der Waals surface area contributed by atoms with Gasteiger partial charge in [0.1, 0.15) is 0 Å². The van der Waals surface area contributed by atoms with Gasteiger partial charge in [-0.05, 0) is 34.2 Å². The monoisotopic (exact) mass is 272 g/mol. The van der Waals surface area contributed by atoms with Crippen LogP contribution in [0.4, 0.5) is 0 Å². The first-order chi connectivity index (χ1) is 7.11. The number of hydrogen-bond donors (Lipinski definition) is 1. The van der Waals surface area contributed by atoms with E-state index >= 15 is 0 Å². The summed E-state index contributed by atoms with van der Waals surface area (Å²) in [6.45, 7) is 2.23. The Labute approximate surface area is 98.6 Å². The molecule has 2 rings (SSSR count). The van der Waals surface area contributed by atoms with Gasteiger partial charge in [-0.15, -0.1) is 0 Å². The van der Waals surface area contributed by atoms with Crippen LogP contribution in [0, 0.1) is 11.8 Å². The van der Waals surface area contributed by atoms with Gasteiger partial charge in [0.05, 0.1) is 22.5 Å². The molecule has 1 fully saturated rings. The Morgan fingerprint density at radius 2 is 2.33 bits per heavy atom. The third kappa shape index (κ3) is 1.97. The summed E-state index contributed by atoms with van der Waals surface area (Å²) in [5.74, 6) is 0.999. The highest BCUT2D eigenvalue weighted by atomic mass is 79.9. The second-order valence-electron chi connectivity index (χ2n) is 4.52. The summed E-state index contributed by atoms with van der Waals surface area (Å²) in [7, 11) is 1.88. The van der Waals surface area contributed by atoms with Crippen LogP contribution in [0.1, 0.15) is 38.0 Å². The van der Waals surface area contributed by atoms with Crippen molar-refractivity contribution in [2.45, 2.75) is 32.3 Å². The first kappa shape index (κ1) is 11.1. The maximum absolute atomic E-state index is 10.4. The van der Waals surface area contributed by atoms with Crippen molar-refractivity contribution in [1.82, 2.24) is 9.78 Å². The van der Waals surface area contributed by atoms with E-state index in [0.29, 0.717) is 11.8 Å². The highest BCUT2D eigenvalue weighted by Gasteiger charge is 2.33. The Kier molecular flexibility index (Phi) is 3.16. The molecule has 84 valence electrons. The molecule has 0 spiro atoms. The first-order valence-corrected chi connectivity index (χ1v) is 6.26. The average molecular weight is 273 g/mol. The minimum absolute atomic E-state index is 0.385. The number of halogens is 1. The molecule has 0 aromatic carbocycles. The molecule has 3 unspecified atom stereocenters. The van der Waals surface area contributed by atoms with Gasteiger partial charge in [0.15, 0.2) is 0 Å². The Morgan fingerprint density at radius 1 is 1.60 bits per heavy atom. The van der Waals surface area contributed by atoms with Crippen LogP contribution in [0.15, 0.2) is 10.7 Å². The zero-order valence-corrected chi connectivity index (χ0v) is 10.7. The summed E-state index contributed by atoms with van der Waals surface area (Å²) >= 11 is 3.44. The molecule has 1 saturated carbocycles. The molecule has 1 aliphatic rings. The van der Waals surface area contributed by atoms with E-state index in [-0.39, 0.29) is 6.10 Å². The van der Waals surface area contributed by atoms with E-state index in [1.807, 2.05) is 7.05 Å². The quantitative estimate of drug-likeness (QED) is 0.899. The highest BCUT2D eigenvalue weighted by Crippen LogP contribution is 2.41. The minimum Gasteiger partial charge on any atom is -0.386 e. The molecule has 3 nitrogen and oxygen atoms in total. The lowest BCUT2D eigenvalue weighted by molar-refractivity contribution is 0.0819. The zero-order valence-electron chi connectivity index (χ0n) is 9.15. The average Bonchev–Trinajstić information content (AvgIpc) is 2.73. The second-order valence-corrected chi connectivity index (χ2v) is 5.37. The van der Waals surface area contributed by atoms with E-state index in [4.69, 9.17) is 0 Å². The van der Waals surface area contributed by atoms with Crippen LogP contribution in [-0.2, 0) is 7.05 Å². The highest BCUT2D eigenvalue weighted by molar-refractivity contribution is 9.10. The van der Waals surface area contributed by atoms with Gasteiger partial charge in [0, 0.05) is 7.05 Å². The lowest BCUT2D eigenvalue weighted by Crippen LogP contribution is -2.18. The van der Waals surface area contributed by atoms with Crippen LogP contribution < -0.4 is 0 Å². The van der Waals surface area contributed by atoms with Crippen molar-refractivity contribution in [1.29, 1.82) is 0 Å². The number of aliphatic hydroxyl groups is 1. The van der Waals surface area contributed by atoms with E-state index in [1.165, 1.54) is 12.8 Å². The SMILES string of the molecule is CC1CCCC1C(O)c1c(Br)cnn1C. The number of aliphatic hydroxyl groups excluding tert-OH is 1. The number of hydrogen-bond acceptors (Lipinski definition) is 2. The van der Waals surface area contributed by atoms with Gasteiger partial charge in [0.25, 0.3) is 0 Å². The van der Waals surface area contributed by atoms with Gasteiger partial charge < -0.3 is 5.11 Å². The first-order valence-electron chi connectivity index (χ1n) is 5.46. The summed E-state index contributed by atoms with van der Waals surface area (Å²) in [6, 6.07) is 0. The zero-order chi connectivity index (χ0) is 11.0. The molecular formula is C11H17BrN2O. The van der Waals surface area contributed by atoms with Gasteiger partial charge in [-0.2, -0.15) is 5.10 Å². The molecule has 0 radical (unpaired) electrons. The number of aryl methyl sites for hydroxylation is 1. The minimum atomic E-state index is -0.385. The third-order valence-electron chi connectivity index (χ3n) is 3.55. The van der Waals surface area contributed by atoms with Crippen LogP contribution >= 0.6 is 15.9 Å². The number of aromatic nitrogens is 2. The van der Waals surface area contributed by atoms with Gasteiger partial charge in [-0.1, -0.05) is 19.8 Å². The summed E-state index contributed by atoms with van der Waals surface area (Å²) in [6.07, 6.45) is 4.96. The predicted molar refractivity (Wildman–Crippen MR) is 62.4 cm³/mol. The Balaban J connectivity index is 2.23.